The van der Waals surface area contributed by atoms with Crippen LogP contribution in [-0.2, 0) is 13.2 Å². The third-order valence-electron chi connectivity index (χ3n) is 4.14. The Hall–Kier alpha value is -2.34. The Bertz CT molecular complexity index is 1040. The van der Waals surface area contributed by atoms with E-state index < -0.39 is 11.7 Å². The van der Waals surface area contributed by atoms with Gasteiger partial charge in [-0.25, -0.2) is 0 Å². The van der Waals surface area contributed by atoms with Gasteiger partial charge in [-0.3, -0.25) is 4.79 Å². The smallest absolute Gasteiger partial charge is 0.356 e. The average Bonchev–Trinajstić information content (AvgIpc) is 2.58. The van der Waals surface area contributed by atoms with Crippen LogP contribution in [0.3, 0.4) is 0 Å². The summed E-state index contributed by atoms with van der Waals surface area (Å²) in [6.45, 7) is 1.94. The summed E-state index contributed by atoms with van der Waals surface area (Å²) in [5, 5.41) is 0. The van der Waals surface area contributed by atoms with Crippen molar-refractivity contribution in [3.05, 3.63) is 80.7 Å². The number of benzene rings is 2. The molecule has 0 fully saturated rings. The Morgan fingerprint density at radius 2 is 1.58 bits per heavy atom. The molecule has 3 rings (SSSR count). The molecule has 0 spiro atoms. The summed E-state index contributed by atoms with van der Waals surface area (Å²) < 4.78 is 41.5. The SMILES string of the molecule is Cc1ccc(-c2cn(C)cc(-c3cccc(C(F)(F)F)c3)c2=O)cc1Br. The van der Waals surface area contributed by atoms with Crippen molar-refractivity contribution in [3.63, 3.8) is 0 Å². The molecule has 6 heteroatoms. The van der Waals surface area contributed by atoms with Gasteiger partial charge in [-0.05, 0) is 41.8 Å². The van der Waals surface area contributed by atoms with Crippen molar-refractivity contribution >= 4 is 15.9 Å². The molecule has 0 radical (unpaired) electrons. The summed E-state index contributed by atoms with van der Waals surface area (Å²) in [5.41, 5.74) is 1.56. The average molecular weight is 422 g/mol. The van der Waals surface area contributed by atoms with Crippen molar-refractivity contribution < 1.29 is 13.2 Å². The third kappa shape index (κ3) is 3.60. The van der Waals surface area contributed by atoms with E-state index in [4.69, 9.17) is 0 Å². The molecule has 0 N–H and O–H groups in total. The quantitative estimate of drug-likeness (QED) is 0.511. The molecular weight excluding hydrogens is 407 g/mol. The van der Waals surface area contributed by atoms with Crippen molar-refractivity contribution in [2.45, 2.75) is 13.1 Å². The molecule has 0 atom stereocenters. The molecule has 0 aliphatic heterocycles. The standard InChI is InChI=1S/C20H15BrF3NO/c1-12-6-7-14(9-18(12)21)17-11-25(2)10-16(19(17)26)13-4-3-5-15(8-13)20(22,23)24/h3-11H,1-2H3. The lowest BCUT2D eigenvalue weighted by Gasteiger charge is -2.12. The summed E-state index contributed by atoms with van der Waals surface area (Å²) >= 11 is 3.45. The Labute approximate surface area is 157 Å². The Morgan fingerprint density at radius 1 is 0.962 bits per heavy atom. The second-order valence-corrected chi connectivity index (χ2v) is 6.98. The summed E-state index contributed by atoms with van der Waals surface area (Å²) in [7, 11) is 1.74. The van der Waals surface area contributed by atoms with Gasteiger partial charge in [0.1, 0.15) is 0 Å². The molecule has 0 unspecified atom stereocenters. The first-order valence-corrected chi connectivity index (χ1v) is 8.60. The second-order valence-electron chi connectivity index (χ2n) is 6.12. The van der Waals surface area contributed by atoms with Gasteiger partial charge in [0, 0.05) is 35.0 Å². The number of aromatic nitrogens is 1. The third-order valence-corrected chi connectivity index (χ3v) is 4.99. The lowest BCUT2D eigenvalue weighted by atomic mass is 9.99. The fraction of sp³-hybridized carbons (Fsp3) is 0.150. The van der Waals surface area contributed by atoms with E-state index in [0.29, 0.717) is 11.1 Å². The minimum absolute atomic E-state index is 0.229. The van der Waals surface area contributed by atoms with E-state index in [0.717, 1.165) is 22.2 Å². The van der Waals surface area contributed by atoms with Crippen LogP contribution >= 0.6 is 15.9 Å². The summed E-state index contributed by atoms with van der Waals surface area (Å²) in [6.07, 6.45) is -1.23. The Kier molecular flexibility index (Phi) is 4.80. The molecule has 1 aromatic heterocycles. The van der Waals surface area contributed by atoms with Crippen LogP contribution in [0.15, 0.2) is 64.1 Å². The first-order valence-electron chi connectivity index (χ1n) is 7.81. The molecule has 0 amide bonds. The van der Waals surface area contributed by atoms with E-state index in [2.05, 4.69) is 15.9 Å². The molecule has 2 nitrogen and oxygen atoms in total. The zero-order valence-electron chi connectivity index (χ0n) is 14.1. The van der Waals surface area contributed by atoms with Gasteiger partial charge in [0.15, 0.2) is 5.43 Å². The van der Waals surface area contributed by atoms with Crippen molar-refractivity contribution in [1.82, 2.24) is 4.57 Å². The van der Waals surface area contributed by atoms with Crippen LogP contribution in [0.5, 0.6) is 0 Å². The number of halogens is 4. The minimum atomic E-state index is -4.46. The zero-order valence-corrected chi connectivity index (χ0v) is 15.6. The maximum atomic E-state index is 13.0. The van der Waals surface area contributed by atoms with Crippen molar-refractivity contribution in [2.75, 3.05) is 0 Å². The van der Waals surface area contributed by atoms with Gasteiger partial charge in [-0.15, -0.1) is 0 Å². The summed E-state index contributed by atoms with van der Waals surface area (Å²) in [6, 6.07) is 10.4. The Morgan fingerprint density at radius 3 is 2.15 bits per heavy atom. The first-order chi connectivity index (χ1) is 12.2. The summed E-state index contributed by atoms with van der Waals surface area (Å²) in [5.74, 6) is 0. The molecule has 26 heavy (non-hydrogen) atoms. The normalized spacial score (nSPS) is 11.6. The molecule has 0 aliphatic carbocycles. The number of rotatable bonds is 2. The fourth-order valence-electron chi connectivity index (χ4n) is 2.74. The topological polar surface area (TPSA) is 22.0 Å². The number of aryl methyl sites for hydroxylation is 2. The van der Waals surface area contributed by atoms with Crippen molar-refractivity contribution in [1.29, 1.82) is 0 Å². The highest BCUT2D eigenvalue weighted by Crippen LogP contribution is 2.32. The van der Waals surface area contributed by atoms with E-state index in [-0.39, 0.29) is 16.6 Å². The highest BCUT2D eigenvalue weighted by molar-refractivity contribution is 9.10. The van der Waals surface area contributed by atoms with Gasteiger partial charge >= 0.3 is 6.18 Å². The van der Waals surface area contributed by atoms with Crippen molar-refractivity contribution in [3.8, 4) is 22.3 Å². The molecule has 0 saturated heterocycles. The number of hydrogen-bond acceptors (Lipinski definition) is 1. The minimum Gasteiger partial charge on any atom is -0.356 e. The highest BCUT2D eigenvalue weighted by Gasteiger charge is 2.30. The van der Waals surface area contributed by atoms with Crippen LogP contribution in [0.1, 0.15) is 11.1 Å². The lowest BCUT2D eigenvalue weighted by Crippen LogP contribution is -2.12. The van der Waals surface area contributed by atoms with Crippen LogP contribution in [0.4, 0.5) is 13.2 Å². The molecule has 0 aliphatic rings. The predicted octanol–water partition coefficient (Wildman–Crippen LogP) is 5.81. The number of pyridine rings is 1. The van der Waals surface area contributed by atoms with Crippen LogP contribution in [-0.4, -0.2) is 4.57 Å². The van der Waals surface area contributed by atoms with E-state index in [1.807, 2.05) is 25.1 Å². The van der Waals surface area contributed by atoms with Gasteiger partial charge in [0.05, 0.1) is 5.56 Å². The van der Waals surface area contributed by atoms with Gasteiger partial charge in [-0.1, -0.05) is 40.2 Å². The van der Waals surface area contributed by atoms with E-state index in [1.165, 1.54) is 12.1 Å². The maximum Gasteiger partial charge on any atom is 0.416 e. The van der Waals surface area contributed by atoms with Gasteiger partial charge < -0.3 is 4.57 Å². The first kappa shape index (κ1) is 18.5. The van der Waals surface area contributed by atoms with Gasteiger partial charge in [-0.2, -0.15) is 13.2 Å². The van der Waals surface area contributed by atoms with Gasteiger partial charge in [0.2, 0.25) is 0 Å². The molecule has 2 aromatic carbocycles. The van der Waals surface area contributed by atoms with Crippen LogP contribution in [0.25, 0.3) is 22.3 Å². The molecule has 0 bridgehead atoms. The summed E-state index contributed by atoms with van der Waals surface area (Å²) in [4.78, 5) is 13.0. The second kappa shape index (κ2) is 6.76. The van der Waals surface area contributed by atoms with Crippen LogP contribution in [0.2, 0.25) is 0 Å². The van der Waals surface area contributed by atoms with Crippen molar-refractivity contribution in [2.24, 2.45) is 7.05 Å². The van der Waals surface area contributed by atoms with E-state index in [1.54, 1.807) is 24.0 Å². The number of hydrogen-bond donors (Lipinski definition) is 0. The zero-order chi connectivity index (χ0) is 19.1. The van der Waals surface area contributed by atoms with Gasteiger partial charge in [0.25, 0.3) is 0 Å². The molecule has 3 aromatic rings. The van der Waals surface area contributed by atoms with Crippen LogP contribution < -0.4 is 5.43 Å². The number of nitrogens with zero attached hydrogens (tertiary/aromatic N) is 1. The fourth-order valence-corrected chi connectivity index (χ4v) is 3.12. The molecular formula is C20H15BrF3NO. The maximum absolute atomic E-state index is 13.0. The predicted molar refractivity (Wildman–Crippen MR) is 100.0 cm³/mol. The van der Waals surface area contributed by atoms with E-state index >= 15 is 0 Å². The largest absolute Gasteiger partial charge is 0.416 e. The number of alkyl halides is 3. The molecule has 134 valence electrons. The van der Waals surface area contributed by atoms with E-state index in [9.17, 15) is 18.0 Å². The lowest BCUT2D eigenvalue weighted by molar-refractivity contribution is -0.137. The Balaban J connectivity index is 2.20. The molecule has 1 heterocycles. The highest BCUT2D eigenvalue weighted by atomic mass is 79.9. The molecule has 0 saturated carbocycles. The monoisotopic (exact) mass is 421 g/mol. The van der Waals surface area contributed by atoms with Crippen LogP contribution in [0, 0.1) is 6.92 Å².